The molecule has 1 N–H and O–H groups in total. The van der Waals surface area contributed by atoms with Crippen LogP contribution in [-0.4, -0.2) is 95.0 Å². The molecule has 2 atom stereocenters. The molecule has 2 saturated heterocycles. The van der Waals surface area contributed by atoms with E-state index in [0.29, 0.717) is 12.5 Å². The maximum absolute atomic E-state index is 12.6. The lowest BCUT2D eigenvalue weighted by atomic mass is 9.89. The van der Waals surface area contributed by atoms with Crippen LogP contribution in [0.5, 0.6) is 0 Å². The minimum absolute atomic E-state index is 0.0995. The van der Waals surface area contributed by atoms with E-state index in [-0.39, 0.29) is 25.0 Å². The first-order chi connectivity index (χ1) is 12.1. The molecule has 0 unspecified atom stereocenters. The molecule has 140 valence electrons. The molecule has 0 aromatic carbocycles. The maximum Gasteiger partial charge on any atom is 0.244 e. The van der Waals surface area contributed by atoms with Crippen LogP contribution in [0.3, 0.4) is 0 Å². The Balaban J connectivity index is 1.57. The molecule has 3 heterocycles. The summed E-state index contributed by atoms with van der Waals surface area (Å²) < 4.78 is 1.67. The molecule has 3 rings (SSSR count). The Bertz CT molecular complexity index is 536. The summed E-state index contributed by atoms with van der Waals surface area (Å²) in [5.74, 6) is 0.730. The Hall–Kier alpha value is -1.44. The number of aliphatic hydroxyl groups excluding tert-OH is 1. The Morgan fingerprint density at radius 3 is 2.80 bits per heavy atom. The molecular weight excluding hydrogens is 318 g/mol. The fourth-order valence-corrected chi connectivity index (χ4v) is 4.07. The minimum atomic E-state index is 0.0995. The van der Waals surface area contributed by atoms with Gasteiger partial charge in [-0.25, -0.2) is 0 Å². The van der Waals surface area contributed by atoms with Gasteiger partial charge in [-0.3, -0.25) is 9.48 Å². The van der Waals surface area contributed by atoms with Crippen molar-refractivity contribution in [3.63, 3.8) is 0 Å². The van der Waals surface area contributed by atoms with Crippen molar-refractivity contribution in [1.82, 2.24) is 24.5 Å². The molecule has 0 radical (unpaired) electrons. The van der Waals surface area contributed by atoms with Crippen LogP contribution in [0.2, 0.25) is 0 Å². The van der Waals surface area contributed by atoms with Gasteiger partial charge in [0.15, 0.2) is 0 Å². The highest BCUT2D eigenvalue weighted by molar-refractivity contribution is 5.76. The SMILES string of the molecule is CN1CCCN(C[C@H]2C[C@@H](CO)CN(C(=O)Cn3cccn3)C2)CC1. The van der Waals surface area contributed by atoms with Crippen molar-refractivity contribution in [3.8, 4) is 0 Å². The van der Waals surface area contributed by atoms with Crippen LogP contribution in [0.1, 0.15) is 12.8 Å². The zero-order valence-electron chi connectivity index (χ0n) is 15.3. The molecule has 2 aliphatic heterocycles. The normalized spacial score (nSPS) is 26.6. The van der Waals surface area contributed by atoms with E-state index >= 15 is 0 Å². The van der Waals surface area contributed by atoms with Crippen molar-refractivity contribution >= 4 is 5.91 Å². The van der Waals surface area contributed by atoms with Crippen LogP contribution in [-0.2, 0) is 11.3 Å². The Labute approximate surface area is 150 Å². The molecule has 7 nitrogen and oxygen atoms in total. The molecule has 1 amide bonds. The summed E-state index contributed by atoms with van der Waals surface area (Å²) in [6.07, 6.45) is 5.72. The highest BCUT2D eigenvalue weighted by Crippen LogP contribution is 2.23. The van der Waals surface area contributed by atoms with Gasteiger partial charge in [0, 0.05) is 51.7 Å². The first-order valence-corrected chi connectivity index (χ1v) is 9.41. The minimum Gasteiger partial charge on any atom is -0.396 e. The van der Waals surface area contributed by atoms with Crippen LogP contribution in [0.15, 0.2) is 18.5 Å². The zero-order valence-corrected chi connectivity index (χ0v) is 15.3. The summed E-state index contributed by atoms with van der Waals surface area (Å²) in [5, 5.41) is 13.8. The number of hydrogen-bond donors (Lipinski definition) is 1. The molecular formula is C18H31N5O2. The van der Waals surface area contributed by atoms with E-state index in [1.54, 1.807) is 10.9 Å². The summed E-state index contributed by atoms with van der Waals surface area (Å²) >= 11 is 0. The predicted molar refractivity (Wildman–Crippen MR) is 96.0 cm³/mol. The second-order valence-corrected chi connectivity index (χ2v) is 7.61. The lowest BCUT2D eigenvalue weighted by Crippen LogP contribution is -2.49. The number of carbonyl (C=O) groups is 1. The average Bonchev–Trinajstić information content (AvgIpc) is 3.03. The quantitative estimate of drug-likeness (QED) is 0.809. The fraction of sp³-hybridized carbons (Fsp3) is 0.778. The number of amides is 1. The van der Waals surface area contributed by atoms with E-state index in [9.17, 15) is 9.90 Å². The molecule has 2 fully saturated rings. The smallest absolute Gasteiger partial charge is 0.244 e. The molecule has 0 saturated carbocycles. The molecule has 0 spiro atoms. The first-order valence-electron chi connectivity index (χ1n) is 9.41. The van der Waals surface area contributed by atoms with Crippen molar-refractivity contribution in [1.29, 1.82) is 0 Å². The van der Waals surface area contributed by atoms with Gasteiger partial charge in [0.25, 0.3) is 0 Å². The first kappa shape index (κ1) is 18.4. The van der Waals surface area contributed by atoms with E-state index < -0.39 is 0 Å². The highest BCUT2D eigenvalue weighted by atomic mass is 16.3. The zero-order chi connectivity index (χ0) is 17.6. The number of hydrogen-bond acceptors (Lipinski definition) is 5. The van der Waals surface area contributed by atoms with E-state index in [4.69, 9.17) is 0 Å². The third-order valence-electron chi connectivity index (χ3n) is 5.42. The molecule has 1 aromatic heterocycles. The Morgan fingerprint density at radius 1 is 1.20 bits per heavy atom. The Morgan fingerprint density at radius 2 is 2.04 bits per heavy atom. The second kappa shape index (κ2) is 8.78. The van der Waals surface area contributed by atoms with Crippen LogP contribution in [0, 0.1) is 11.8 Å². The summed E-state index contributed by atoms with van der Waals surface area (Å²) in [7, 11) is 2.18. The number of carbonyl (C=O) groups excluding carboxylic acids is 1. The topological polar surface area (TPSA) is 64.8 Å². The molecule has 0 bridgehead atoms. The number of aromatic nitrogens is 2. The van der Waals surface area contributed by atoms with Crippen LogP contribution in [0.4, 0.5) is 0 Å². The predicted octanol–water partition coefficient (Wildman–Crippen LogP) is -0.0224. The summed E-state index contributed by atoms with van der Waals surface area (Å²) in [5.41, 5.74) is 0. The van der Waals surface area contributed by atoms with Gasteiger partial charge in [-0.1, -0.05) is 0 Å². The third kappa shape index (κ3) is 5.26. The van der Waals surface area contributed by atoms with Gasteiger partial charge in [-0.05, 0) is 50.9 Å². The molecule has 0 aliphatic carbocycles. The lowest BCUT2D eigenvalue weighted by Gasteiger charge is -2.39. The van der Waals surface area contributed by atoms with E-state index in [1.165, 1.54) is 6.42 Å². The van der Waals surface area contributed by atoms with Crippen LogP contribution < -0.4 is 0 Å². The number of likely N-dealkylation sites (N-methyl/N-ethyl adjacent to an activating group) is 1. The van der Waals surface area contributed by atoms with Crippen molar-refractivity contribution in [2.24, 2.45) is 11.8 Å². The van der Waals surface area contributed by atoms with Crippen molar-refractivity contribution in [2.75, 3.05) is 59.5 Å². The number of rotatable bonds is 5. The highest BCUT2D eigenvalue weighted by Gasteiger charge is 2.31. The van der Waals surface area contributed by atoms with E-state index in [1.807, 2.05) is 17.2 Å². The monoisotopic (exact) mass is 349 g/mol. The van der Waals surface area contributed by atoms with Gasteiger partial charge in [-0.15, -0.1) is 0 Å². The fourth-order valence-electron chi connectivity index (χ4n) is 4.07. The van der Waals surface area contributed by atoms with Gasteiger partial charge < -0.3 is 19.8 Å². The largest absolute Gasteiger partial charge is 0.396 e. The molecule has 2 aliphatic rings. The van der Waals surface area contributed by atoms with Gasteiger partial charge in [0.1, 0.15) is 6.54 Å². The number of likely N-dealkylation sites (tertiary alicyclic amines) is 1. The summed E-state index contributed by atoms with van der Waals surface area (Å²) in [4.78, 5) is 19.5. The number of nitrogens with zero attached hydrogens (tertiary/aromatic N) is 5. The molecule has 25 heavy (non-hydrogen) atoms. The number of aliphatic hydroxyl groups is 1. The Kier molecular flexibility index (Phi) is 6.45. The third-order valence-corrected chi connectivity index (χ3v) is 5.42. The van der Waals surface area contributed by atoms with Crippen LogP contribution >= 0.6 is 0 Å². The van der Waals surface area contributed by atoms with Crippen molar-refractivity contribution in [2.45, 2.75) is 19.4 Å². The van der Waals surface area contributed by atoms with E-state index in [0.717, 1.165) is 45.7 Å². The molecule has 7 heteroatoms. The van der Waals surface area contributed by atoms with E-state index in [2.05, 4.69) is 21.9 Å². The summed E-state index contributed by atoms with van der Waals surface area (Å²) in [6.45, 7) is 7.42. The second-order valence-electron chi connectivity index (χ2n) is 7.61. The average molecular weight is 349 g/mol. The maximum atomic E-state index is 12.6. The molecule has 1 aromatic rings. The van der Waals surface area contributed by atoms with Crippen LogP contribution in [0.25, 0.3) is 0 Å². The van der Waals surface area contributed by atoms with Gasteiger partial charge in [0.2, 0.25) is 5.91 Å². The van der Waals surface area contributed by atoms with Gasteiger partial charge in [0.05, 0.1) is 0 Å². The lowest BCUT2D eigenvalue weighted by molar-refractivity contribution is -0.135. The van der Waals surface area contributed by atoms with Gasteiger partial charge in [-0.2, -0.15) is 5.10 Å². The summed E-state index contributed by atoms with van der Waals surface area (Å²) in [6, 6.07) is 1.83. The van der Waals surface area contributed by atoms with Crippen molar-refractivity contribution in [3.05, 3.63) is 18.5 Å². The van der Waals surface area contributed by atoms with Crippen molar-refractivity contribution < 1.29 is 9.90 Å². The standard InChI is InChI=1S/C18H31N5O2/c1-20-5-3-6-21(9-8-20)11-16-10-17(15-24)13-22(12-16)18(25)14-23-7-2-4-19-23/h2,4,7,16-17,24H,3,5-6,8-15H2,1H3/t16-,17-/m1/s1. The van der Waals surface area contributed by atoms with Gasteiger partial charge >= 0.3 is 0 Å². The number of piperidine rings is 1.